The molecule has 4 N–H and O–H groups in total. The van der Waals surface area contributed by atoms with E-state index in [0.29, 0.717) is 23.3 Å². The van der Waals surface area contributed by atoms with Crippen molar-refractivity contribution in [2.45, 2.75) is 37.9 Å². The maximum Gasteiger partial charge on any atom is 0.315 e. The van der Waals surface area contributed by atoms with E-state index >= 15 is 0 Å². The molecule has 3 rings (SSSR count). The smallest absolute Gasteiger partial charge is 0.315 e. The van der Waals surface area contributed by atoms with Gasteiger partial charge in [-0.25, -0.2) is 4.79 Å². The van der Waals surface area contributed by atoms with Crippen LogP contribution in [-0.2, 0) is 18.6 Å². The minimum Gasteiger partial charge on any atom is -0.337 e. The predicted molar refractivity (Wildman–Crippen MR) is 91.8 cm³/mol. The van der Waals surface area contributed by atoms with Gasteiger partial charge in [0.1, 0.15) is 0 Å². The number of halogens is 2. The molecule has 1 fully saturated rings. The lowest BCUT2D eigenvalue weighted by atomic mass is 9.77. The molecule has 1 aliphatic carbocycles. The maximum absolute atomic E-state index is 11.8. The molecular weight excluding hydrogens is 353 g/mol. The lowest BCUT2D eigenvalue weighted by Crippen LogP contribution is -2.44. The zero-order valence-corrected chi connectivity index (χ0v) is 14.5. The van der Waals surface area contributed by atoms with Crippen LogP contribution in [0.5, 0.6) is 0 Å². The monoisotopic (exact) mass is 371 g/mol. The number of nitrogens with zero attached hydrogens (tertiary/aromatic N) is 2. The van der Waals surface area contributed by atoms with Gasteiger partial charge in [-0.2, -0.15) is 4.98 Å². The Bertz CT molecular complexity index is 685. The van der Waals surface area contributed by atoms with Crippen molar-refractivity contribution in [3.05, 3.63) is 46.6 Å². The Labute approximate surface area is 150 Å². The average Bonchev–Trinajstić information content (AvgIpc) is 2.99. The molecule has 2 aromatic rings. The fraction of sp³-hybridized carbons (Fsp3) is 0.400. The Morgan fingerprint density at radius 1 is 1.25 bits per heavy atom. The van der Waals surface area contributed by atoms with Crippen molar-refractivity contribution in [2.75, 3.05) is 0 Å². The highest BCUT2D eigenvalue weighted by Gasteiger charge is 2.38. The molecule has 1 saturated carbocycles. The molecule has 24 heavy (non-hydrogen) atoms. The summed E-state index contributed by atoms with van der Waals surface area (Å²) in [7, 11) is 0. The number of urea groups is 1. The highest BCUT2D eigenvalue weighted by atomic mass is 35.5. The van der Waals surface area contributed by atoms with Gasteiger partial charge >= 0.3 is 6.03 Å². The molecule has 1 aromatic carbocycles. The first-order valence-corrected chi connectivity index (χ1v) is 7.81. The summed E-state index contributed by atoms with van der Waals surface area (Å²) in [4.78, 5) is 16.0. The Hall–Kier alpha value is -1.83. The molecule has 0 aliphatic heterocycles. The van der Waals surface area contributed by atoms with Gasteiger partial charge in [-0.15, -0.1) is 12.4 Å². The van der Waals surface area contributed by atoms with Crippen LogP contribution >= 0.6 is 24.0 Å². The largest absolute Gasteiger partial charge is 0.337 e. The number of nitrogens with two attached hydrogens (primary N) is 1. The molecule has 0 saturated heterocycles. The summed E-state index contributed by atoms with van der Waals surface area (Å²) in [6.07, 6.45) is 2.80. The van der Waals surface area contributed by atoms with Crippen molar-refractivity contribution >= 4 is 30.0 Å². The number of benzene rings is 1. The second-order valence-electron chi connectivity index (χ2n) is 5.68. The highest BCUT2D eigenvalue weighted by Crippen LogP contribution is 2.36. The van der Waals surface area contributed by atoms with Crippen LogP contribution in [0.1, 0.15) is 36.5 Å². The molecule has 2 amide bonds. The third-order valence-corrected chi connectivity index (χ3v) is 4.18. The van der Waals surface area contributed by atoms with Gasteiger partial charge in [0.05, 0.1) is 12.1 Å². The quantitative estimate of drug-likeness (QED) is 0.748. The van der Waals surface area contributed by atoms with Gasteiger partial charge in [0.25, 0.3) is 0 Å². The number of aromatic nitrogens is 2. The van der Waals surface area contributed by atoms with Crippen LogP contribution in [0.2, 0.25) is 5.02 Å². The maximum atomic E-state index is 11.8. The molecule has 1 aliphatic rings. The molecule has 130 valence electrons. The number of hydrogen-bond donors (Lipinski definition) is 3. The van der Waals surface area contributed by atoms with Gasteiger partial charge in [-0.1, -0.05) is 28.9 Å². The lowest BCUT2D eigenvalue weighted by molar-refractivity contribution is 0.228. The molecule has 1 aromatic heterocycles. The molecule has 0 spiro atoms. The molecule has 9 heteroatoms. The van der Waals surface area contributed by atoms with Gasteiger partial charge in [0.2, 0.25) is 5.89 Å². The zero-order chi connectivity index (χ0) is 16.3. The van der Waals surface area contributed by atoms with Crippen molar-refractivity contribution in [3.63, 3.8) is 0 Å². The fourth-order valence-electron chi connectivity index (χ4n) is 2.31. The number of carbonyl (C=O) groups excluding carboxylic acids is 1. The summed E-state index contributed by atoms with van der Waals surface area (Å²) in [5.74, 6) is 0.862. The molecule has 0 unspecified atom stereocenters. The number of hydrogen-bond acceptors (Lipinski definition) is 5. The molecule has 0 radical (unpaired) electrons. The van der Waals surface area contributed by atoms with Crippen LogP contribution in [0.4, 0.5) is 4.79 Å². The minimum atomic E-state index is -0.460. The van der Waals surface area contributed by atoms with Gasteiger partial charge in [-0.05, 0) is 37.0 Å². The van der Waals surface area contributed by atoms with Crippen molar-refractivity contribution in [1.29, 1.82) is 0 Å². The van der Waals surface area contributed by atoms with E-state index in [4.69, 9.17) is 21.9 Å². The van der Waals surface area contributed by atoms with Crippen LogP contribution in [-0.4, -0.2) is 16.2 Å². The van der Waals surface area contributed by atoms with Crippen LogP contribution in [0, 0.1) is 0 Å². The average molecular weight is 372 g/mol. The third-order valence-electron chi connectivity index (χ3n) is 3.93. The van der Waals surface area contributed by atoms with Crippen molar-refractivity contribution in [1.82, 2.24) is 20.8 Å². The normalized spacial score (nSPS) is 15.1. The van der Waals surface area contributed by atoms with E-state index < -0.39 is 5.54 Å². The molecule has 1 heterocycles. The fourth-order valence-corrected chi connectivity index (χ4v) is 2.44. The van der Waals surface area contributed by atoms with E-state index in [1.807, 2.05) is 12.1 Å². The number of nitrogens with one attached hydrogen (secondary N) is 2. The van der Waals surface area contributed by atoms with Crippen LogP contribution < -0.4 is 16.4 Å². The van der Waals surface area contributed by atoms with Crippen LogP contribution in [0.15, 0.2) is 28.8 Å². The van der Waals surface area contributed by atoms with Gasteiger partial charge in [0.15, 0.2) is 5.82 Å². The summed E-state index contributed by atoms with van der Waals surface area (Å²) in [6, 6.07) is 6.95. The minimum absolute atomic E-state index is 0. The Balaban J connectivity index is 0.00000208. The summed E-state index contributed by atoms with van der Waals surface area (Å²) in [5.41, 5.74) is 6.62. The van der Waals surface area contributed by atoms with Gasteiger partial charge in [-0.3, -0.25) is 0 Å². The first-order chi connectivity index (χ1) is 11.0. The van der Waals surface area contributed by atoms with Gasteiger partial charge < -0.3 is 20.9 Å². The van der Waals surface area contributed by atoms with E-state index in [1.54, 1.807) is 12.1 Å². The Kier molecular flexibility index (Phi) is 6.04. The van der Waals surface area contributed by atoms with E-state index in [1.165, 1.54) is 0 Å². The first-order valence-electron chi connectivity index (χ1n) is 7.43. The first kappa shape index (κ1) is 18.5. The molecule has 0 atom stereocenters. The predicted octanol–water partition coefficient (Wildman–Crippen LogP) is 2.48. The second kappa shape index (κ2) is 7.83. The van der Waals surface area contributed by atoms with Crippen LogP contribution in [0.3, 0.4) is 0 Å². The lowest BCUT2D eigenvalue weighted by Gasteiger charge is -2.34. The highest BCUT2D eigenvalue weighted by molar-refractivity contribution is 6.30. The second-order valence-corrected chi connectivity index (χ2v) is 6.12. The summed E-state index contributed by atoms with van der Waals surface area (Å²) in [6.45, 7) is 0.569. The molecular formula is C15H19Cl2N5O2. The summed E-state index contributed by atoms with van der Waals surface area (Å²) < 4.78 is 5.11. The third kappa shape index (κ3) is 4.37. The topological polar surface area (TPSA) is 106 Å². The van der Waals surface area contributed by atoms with E-state index in [-0.39, 0.29) is 25.0 Å². The zero-order valence-electron chi connectivity index (χ0n) is 12.9. The standard InChI is InChI=1S/C15H18ClN5O2.ClH/c16-11-4-2-10(3-5-11)8-18-14(22)19-9-12-20-13(21-23-12)15(17)6-1-7-15;/h2-5H,1,6-9,17H2,(H2,18,19,22);1H. The van der Waals surface area contributed by atoms with E-state index in [9.17, 15) is 4.79 Å². The summed E-state index contributed by atoms with van der Waals surface area (Å²) in [5, 5.41) is 9.96. The SMILES string of the molecule is Cl.NC1(c2noc(CNC(=O)NCc3ccc(Cl)cc3)n2)CCC1. The molecule has 0 bridgehead atoms. The van der Waals surface area contributed by atoms with Crippen molar-refractivity contribution in [2.24, 2.45) is 5.73 Å². The van der Waals surface area contributed by atoms with Crippen LogP contribution in [0.25, 0.3) is 0 Å². The van der Waals surface area contributed by atoms with E-state index in [2.05, 4.69) is 20.8 Å². The van der Waals surface area contributed by atoms with Gasteiger partial charge in [0, 0.05) is 11.6 Å². The number of carbonyl (C=O) groups is 1. The number of rotatable bonds is 5. The van der Waals surface area contributed by atoms with E-state index in [0.717, 1.165) is 24.8 Å². The van der Waals surface area contributed by atoms with Crippen molar-refractivity contribution < 1.29 is 9.32 Å². The summed E-state index contributed by atoms with van der Waals surface area (Å²) >= 11 is 5.81. The Morgan fingerprint density at radius 2 is 1.92 bits per heavy atom. The number of amides is 2. The Morgan fingerprint density at radius 3 is 2.54 bits per heavy atom. The molecule has 7 nitrogen and oxygen atoms in total. The van der Waals surface area contributed by atoms with Crippen molar-refractivity contribution in [3.8, 4) is 0 Å².